The Balaban J connectivity index is 0.00000264. The van der Waals surface area contributed by atoms with E-state index in [0.717, 1.165) is 11.1 Å². The molecule has 0 spiro atoms. The molecular formula is C12H12ClN2NaO6S. The molecule has 0 fully saturated rings. The van der Waals surface area contributed by atoms with Gasteiger partial charge in [0.15, 0.2) is 12.1 Å². The number of amides is 2. The van der Waals surface area contributed by atoms with E-state index in [1.54, 1.807) is 0 Å². The zero-order valence-electron chi connectivity index (χ0n) is 13.0. The monoisotopic (exact) mass is 370 g/mol. The largest absolute Gasteiger partial charge is 1.00 e. The van der Waals surface area contributed by atoms with E-state index in [9.17, 15) is 18.0 Å². The average molecular weight is 371 g/mol. The average Bonchev–Trinajstić information content (AvgIpc) is 2.47. The molecule has 1 unspecified atom stereocenters. The van der Waals surface area contributed by atoms with Crippen molar-refractivity contribution in [3.8, 4) is 5.75 Å². The van der Waals surface area contributed by atoms with Crippen molar-refractivity contribution in [3.63, 3.8) is 0 Å². The maximum atomic E-state index is 11.7. The van der Waals surface area contributed by atoms with E-state index in [1.165, 1.54) is 24.3 Å². The van der Waals surface area contributed by atoms with Gasteiger partial charge in [0.25, 0.3) is 10.1 Å². The molecule has 120 valence electrons. The summed E-state index contributed by atoms with van der Waals surface area (Å²) < 4.78 is 36.3. The Bertz CT molecular complexity index is 728. The maximum Gasteiger partial charge on any atom is 1.00 e. The van der Waals surface area contributed by atoms with Crippen molar-refractivity contribution in [2.45, 2.75) is 5.37 Å². The molecule has 1 aromatic rings. The quantitative estimate of drug-likeness (QED) is 0.362. The Morgan fingerprint density at radius 2 is 2.00 bits per heavy atom. The molecule has 0 bridgehead atoms. The summed E-state index contributed by atoms with van der Waals surface area (Å²) >= 11 is 5.72. The molecule has 0 aliphatic carbocycles. The number of halogens is 1. The zero-order chi connectivity index (χ0) is 16.3. The fourth-order valence-corrected chi connectivity index (χ4v) is 2.74. The third-order valence-corrected chi connectivity index (χ3v) is 4.14. The number of nitrogens with one attached hydrogen (secondary N) is 1. The first-order valence-electron chi connectivity index (χ1n) is 5.90. The summed E-state index contributed by atoms with van der Waals surface area (Å²) in [5.41, 5.74) is 0.474. The minimum absolute atomic E-state index is 0. The van der Waals surface area contributed by atoms with Crippen molar-refractivity contribution in [2.24, 2.45) is 0 Å². The Hall–Kier alpha value is -1.10. The minimum atomic E-state index is -4.54. The first-order chi connectivity index (χ1) is 10.3. The molecule has 0 aromatic heterocycles. The van der Waals surface area contributed by atoms with Crippen LogP contribution in [0.15, 0.2) is 35.5 Å². The number of benzene rings is 1. The van der Waals surface area contributed by atoms with Gasteiger partial charge < -0.3 is 11.5 Å². The van der Waals surface area contributed by atoms with Crippen molar-refractivity contribution in [3.05, 3.63) is 41.1 Å². The molecule has 1 aromatic carbocycles. The van der Waals surface area contributed by atoms with Gasteiger partial charge in [-0.25, -0.2) is 4.79 Å². The minimum Gasteiger partial charge on any atom is -1.00 e. The number of carbonyl (C=O) groups excluding carboxylic acids is 2. The first-order valence-corrected chi connectivity index (χ1v) is 7.78. The van der Waals surface area contributed by atoms with Gasteiger partial charge in [-0.15, -0.1) is 0 Å². The summed E-state index contributed by atoms with van der Waals surface area (Å²) in [6, 6.07) is 5.36. The van der Waals surface area contributed by atoms with Gasteiger partial charge in [0, 0.05) is 11.8 Å². The SMILES string of the molecule is O=Cc1ccc(OCN2C=C(Cl)C(S(=O)(=O)O)NC2=O)cc1.[H-].[Na+]. The number of rotatable bonds is 5. The number of urea groups is 1. The van der Waals surface area contributed by atoms with Crippen LogP contribution in [0.4, 0.5) is 4.79 Å². The van der Waals surface area contributed by atoms with Gasteiger partial charge in [0.05, 0.1) is 5.03 Å². The second-order valence-electron chi connectivity index (χ2n) is 4.29. The molecule has 2 N–H and O–H groups in total. The molecule has 2 amide bonds. The number of nitrogens with zero attached hydrogens (tertiary/aromatic N) is 1. The molecule has 0 radical (unpaired) electrons. The van der Waals surface area contributed by atoms with Crippen molar-refractivity contribution in [2.75, 3.05) is 6.73 Å². The molecule has 2 rings (SSSR count). The Morgan fingerprint density at radius 3 is 2.52 bits per heavy atom. The van der Waals surface area contributed by atoms with Crippen LogP contribution in [0.1, 0.15) is 11.8 Å². The second-order valence-corrected chi connectivity index (χ2v) is 6.23. The van der Waals surface area contributed by atoms with E-state index in [4.69, 9.17) is 20.9 Å². The van der Waals surface area contributed by atoms with Crippen LogP contribution >= 0.6 is 11.6 Å². The first kappa shape index (κ1) is 19.9. The summed E-state index contributed by atoms with van der Waals surface area (Å²) in [5, 5.41) is 0.0672. The van der Waals surface area contributed by atoms with Gasteiger partial charge in [-0.3, -0.25) is 14.2 Å². The third-order valence-electron chi connectivity index (χ3n) is 2.73. The number of hydrogen-bond donors (Lipinski definition) is 2. The van der Waals surface area contributed by atoms with E-state index in [0.29, 0.717) is 17.6 Å². The van der Waals surface area contributed by atoms with Crippen molar-refractivity contribution in [1.29, 1.82) is 0 Å². The number of carbonyl (C=O) groups is 2. The standard InChI is InChI=1S/C12H11ClN2O6S.Na.H/c13-10-5-15(12(17)14-11(10)22(18,19)20)7-21-9-3-1-8(6-16)2-4-9;;/h1-6,11H,7H2,(H,14,17)(H,18,19,20);;/q;+1;-1. The topological polar surface area (TPSA) is 113 Å². The van der Waals surface area contributed by atoms with E-state index in [1.807, 2.05) is 5.32 Å². The molecule has 1 aliphatic rings. The predicted octanol–water partition coefficient (Wildman–Crippen LogP) is -1.73. The molecule has 1 aliphatic heterocycles. The van der Waals surface area contributed by atoms with Crippen LogP contribution in [-0.2, 0) is 10.1 Å². The zero-order valence-corrected chi connectivity index (χ0v) is 15.5. The van der Waals surface area contributed by atoms with Crippen LogP contribution in [0.25, 0.3) is 0 Å². The normalized spacial score (nSPS) is 17.7. The molecule has 0 saturated carbocycles. The van der Waals surface area contributed by atoms with Gasteiger partial charge in [0.1, 0.15) is 12.0 Å². The summed E-state index contributed by atoms with van der Waals surface area (Å²) in [7, 11) is -4.54. The van der Waals surface area contributed by atoms with Crippen LogP contribution in [-0.4, -0.2) is 42.3 Å². The summed E-state index contributed by atoms with van der Waals surface area (Å²) in [5.74, 6) is 0.403. The van der Waals surface area contributed by atoms with E-state index in [2.05, 4.69) is 0 Å². The van der Waals surface area contributed by atoms with Gasteiger partial charge in [-0.2, -0.15) is 8.42 Å². The summed E-state index contributed by atoms with van der Waals surface area (Å²) in [4.78, 5) is 23.2. The number of hydrogen-bond acceptors (Lipinski definition) is 5. The van der Waals surface area contributed by atoms with Crippen LogP contribution < -0.4 is 39.6 Å². The van der Waals surface area contributed by atoms with E-state index >= 15 is 0 Å². The van der Waals surface area contributed by atoms with Crippen molar-refractivity contribution < 1.29 is 58.3 Å². The van der Waals surface area contributed by atoms with Gasteiger partial charge in [-0.1, -0.05) is 11.6 Å². The van der Waals surface area contributed by atoms with Crippen LogP contribution in [0.2, 0.25) is 0 Å². The molecule has 1 heterocycles. The molecule has 0 saturated heterocycles. The predicted molar refractivity (Wildman–Crippen MR) is 78.1 cm³/mol. The Labute approximate surface area is 161 Å². The molecule has 8 nitrogen and oxygen atoms in total. The van der Waals surface area contributed by atoms with Crippen LogP contribution in [0.3, 0.4) is 0 Å². The molecular weight excluding hydrogens is 359 g/mol. The fourth-order valence-electron chi connectivity index (χ4n) is 1.64. The number of ether oxygens (including phenoxy) is 1. The van der Waals surface area contributed by atoms with Crippen molar-refractivity contribution >= 4 is 34.0 Å². The van der Waals surface area contributed by atoms with Crippen LogP contribution in [0, 0.1) is 0 Å². The third kappa shape index (κ3) is 5.20. The Morgan fingerprint density at radius 1 is 1.39 bits per heavy atom. The summed E-state index contributed by atoms with van der Waals surface area (Å²) in [6.45, 7) is -0.235. The number of aldehydes is 1. The van der Waals surface area contributed by atoms with Gasteiger partial charge in [0.2, 0.25) is 0 Å². The van der Waals surface area contributed by atoms with E-state index in [-0.39, 0.29) is 42.7 Å². The Kier molecular flexibility index (Phi) is 7.05. The molecule has 23 heavy (non-hydrogen) atoms. The van der Waals surface area contributed by atoms with Gasteiger partial charge in [-0.05, 0) is 24.3 Å². The smallest absolute Gasteiger partial charge is 1.00 e. The van der Waals surface area contributed by atoms with Crippen molar-refractivity contribution in [1.82, 2.24) is 10.2 Å². The maximum absolute atomic E-state index is 11.7. The van der Waals surface area contributed by atoms with E-state index < -0.39 is 21.5 Å². The summed E-state index contributed by atoms with van der Waals surface area (Å²) in [6.07, 6.45) is 1.73. The van der Waals surface area contributed by atoms with Gasteiger partial charge >= 0.3 is 35.6 Å². The fraction of sp³-hybridized carbons (Fsp3) is 0.167. The molecule has 11 heteroatoms. The second kappa shape index (κ2) is 8.13. The van der Waals surface area contributed by atoms with Crippen LogP contribution in [0.5, 0.6) is 5.75 Å². The molecule has 1 atom stereocenters.